The van der Waals surface area contributed by atoms with Gasteiger partial charge in [0.2, 0.25) is 5.91 Å². The van der Waals surface area contributed by atoms with Gasteiger partial charge in [-0.15, -0.1) is 0 Å². The van der Waals surface area contributed by atoms with Crippen LogP contribution in [-0.4, -0.2) is 17.8 Å². The second-order valence-electron chi connectivity index (χ2n) is 9.50. The maximum Gasteiger partial charge on any atom is 0.214 e. The van der Waals surface area contributed by atoms with Crippen LogP contribution in [0.3, 0.4) is 0 Å². The summed E-state index contributed by atoms with van der Waals surface area (Å²) >= 11 is 1.57. The number of ketones is 1. The van der Waals surface area contributed by atoms with Crippen LogP contribution >= 0.6 is 11.9 Å². The largest absolute Gasteiger partial charge is 0.482 e. The van der Waals surface area contributed by atoms with E-state index in [0.717, 1.165) is 17.9 Å². The second-order valence-corrected chi connectivity index (χ2v) is 10.3. The minimum absolute atomic E-state index is 0.0482. The third kappa shape index (κ3) is 4.11. The van der Waals surface area contributed by atoms with Crippen LogP contribution in [0.2, 0.25) is 0 Å². The number of benzene rings is 1. The summed E-state index contributed by atoms with van der Waals surface area (Å²) in [5, 5.41) is 0.883. The summed E-state index contributed by atoms with van der Waals surface area (Å²) in [7, 11) is 0. The maximum atomic E-state index is 12.7. The second kappa shape index (κ2) is 8.29. The molecule has 1 fully saturated rings. The van der Waals surface area contributed by atoms with E-state index in [-0.39, 0.29) is 23.3 Å². The first-order valence-corrected chi connectivity index (χ1v) is 11.9. The first kappa shape index (κ1) is 21.3. The molecule has 1 amide bonds. The van der Waals surface area contributed by atoms with E-state index in [1.54, 1.807) is 23.1 Å². The summed E-state index contributed by atoms with van der Waals surface area (Å²) in [5.41, 5.74) is 11.7. The number of amides is 1. The van der Waals surface area contributed by atoms with Crippen molar-refractivity contribution < 1.29 is 14.3 Å². The number of Topliss-reactive ketones (excluding diaryl/α,β-unsaturated/α-hetero) is 1. The van der Waals surface area contributed by atoms with Crippen LogP contribution in [0, 0.1) is 11.3 Å². The zero-order valence-corrected chi connectivity index (χ0v) is 19.0. The average molecular weight is 429 g/mol. The molecule has 30 heavy (non-hydrogen) atoms. The highest BCUT2D eigenvalue weighted by atomic mass is 32.2. The Morgan fingerprint density at radius 1 is 1.17 bits per heavy atom. The first-order valence-electron chi connectivity index (χ1n) is 11.0. The van der Waals surface area contributed by atoms with E-state index in [2.05, 4.69) is 36.4 Å². The summed E-state index contributed by atoms with van der Waals surface area (Å²) in [6, 6.07) is 2.46. The Labute approximate surface area is 183 Å². The van der Waals surface area contributed by atoms with E-state index < -0.39 is 0 Å². The molecule has 3 aliphatic carbocycles. The van der Waals surface area contributed by atoms with Gasteiger partial charge in [-0.3, -0.25) is 9.59 Å². The van der Waals surface area contributed by atoms with E-state index in [0.29, 0.717) is 5.78 Å². The molecule has 5 rings (SSSR count). The van der Waals surface area contributed by atoms with Crippen LogP contribution < -0.4 is 10.5 Å². The molecule has 2 unspecified atom stereocenters. The highest BCUT2D eigenvalue weighted by molar-refractivity contribution is 8.04. The third-order valence-electron chi connectivity index (χ3n) is 6.73. The smallest absolute Gasteiger partial charge is 0.214 e. The Bertz CT molecular complexity index is 870. The van der Waals surface area contributed by atoms with Crippen LogP contribution in [0.25, 0.3) is 0 Å². The maximum absolute atomic E-state index is 12.7. The van der Waals surface area contributed by atoms with Crippen LogP contribution in [0.4, 0.5) is 5.69 Å². The van der Waals surface area contributed by atoms with Gasteiger partial charge in [-0.1, -0.05) is 19.9 Å². The van der Waals surface area contributed by atoms with Crippen molar-refractivity contribution in [1.29, 1.82) is 0 Å². The van der Waals surface area contributed by atoms with Gasteiger partial charge in [0.25, 0.3) is 0 Å². The monoisotopic (exact) mass is 428 g/mol. The van der Waals surface area contributed by atoms with Crippen LogP contribution in [0.1, 0.15) is 68.7 Å². The van der Waals surface area contributed by atoms with Crippen molar-refractivity contribution in [2.45, 2.75) is 78.2 Å². The van der Waals surface area contributed by atoms with E-state index in [1.165, 1.54) is 62.3 Å². The lowest BCUT2D eigenvalue weighted by molar-refractivity contribution is -0.136. The SMILES string of the molecule is CC(N)=O.CC1(C)CCC2OC(SNc3c4c(cc5c3CCC5)CCC4)=CC2C1=O. The molecule has 0 bridgehead atoms. The van der Waals surface area contributed by atoms with E-state index in [9.17, 15) is 9.59 Å². The van der Waals surface area contributed by atoms with Crippen LogP contribution in [0.15, 0.2) is 17.2 Å². The summed E-state index contributed by atoms with van der Waals surface area (Å²) < 4.78 is 9.77. The number of nitrogens with one attached hydrogen (secondary N) is 1. The van der Waals surface area contributed by atoms with Gasteiger partial charge in [-0.25, -0.2) is 0 Å². The van der Waals surface area contributed by atoms with Gasteiger partial charge < -0.3 is 15.2 Å². The van der Waals surface area contributed by atoms with Crippen molar-refractivity contribution in [2.24, 2.45) is 17.1 Å². The number of rotatable bonds is 3. The summed E-state index contributed by atoms with van der Waals surface area (Å²) in [5.74, 6) is -0.0545. The van der Waals surface area contributed by atoms with Gasteiger partial charge >= 0.3 is 0 Å². The molecular formula is C24H32N2O3S. The third-order valence-corrected chi connectivity index (χ3v) is 7.47. The Morgan fingerprint density at radius 2 is 1.77 bits per heavy atom. The number of ether oxygens (including phenoxy) is 1. The molecule has 6 heteroatoms. The standard InChI is InChI=1S/C22H27NO2S.C2H5NO/c1-22(2)10-9-18-17(21(22)24)12-19(25-18)26-23-20-15-7-3-5-13(15)11-14-6-4-8-16(14)20;1-2(3)4/h11-12,17-18,23H,3-10H2,1-2H3;1H3,(H2,3,4). The fourth-order valence-corrected chi connectivity index (χ4v) is 6.01. The van der Waals surface area contributed by atoms with Gasteiger partial charge in [-0.2, -0.15) is 0 Å². The molecule has 0 aromatic heterocycles. The number of hydrogen-bond acceptors (Lipinski definition) is 5. The molecule has 5 nitrogen and oxygen atoms in total. The molecule has 1 aromatic carbocycles. The molecule has 3 N–H and O–H groups in total. The Hall–Kier alpha value is -1.95. The van der Waals surface area contributed by atoms with Crippen LogP contribution in [-0.2, 0) is 40.0 Å². The molecule has 1 aromatic rings. The van der Waals surface area contributed by atoms with Gasteiger partial charge in [0.05, 0.1) is 11.6 Å². The van der Waals surface area contributed by atoms with Crippen molar-refractivity contribution in [3.05, 3.63) is 39.5 Å². The van der Waals surface area contributed by atoms with Gasteiger partial charge in [0, 0.05) is 24.3 Å². The molecule has 1 heterocycles. The highest BCUT2D eigenvalue weighted by Gasteiger charge is 2.46. The van der Waals surface area contributed by atoms with E-state index in [1.807, 2.05) is 0 Å². The molecule has 1 saturated carbocycles. The molecule has 0 radical (unpaired) electrons. The zero-order chi connectivity index (χ0) is 21.5. The number of aryl methyl sites for hydroxylation is 2. The molecule has 0 saturated heterocycles. The van der Waals surface area contributed by atoms with E-state index in [4.69, 9.17) is 4.74 Å². The predicted molar refractivity (Wildman–Crippen MR) is 121 cm³/mol. The Kier molecular flexibility index (Phi) is 5.88. The lowest BCUT2D eigenvalue weighted by atomic mass is 9.70. The lowest BCUT2D eigenvalue weighted by Gasteiger charge is -2.34. The molecule has 1 aliphatic heterocycles. The number of nitrogens with two attached hydrogens (primary N) is 1. The van der Waals surface area contributed by atoms with Crippen molar-refractivity contribution >= 4 is 29.3 Å². The molecule has 2 atom stereocenters. The highest BCUT2D eigenvalue weighted by Crippen LogP contribution is 2.45. The fourth-order valence-electron chi connectivity index (χ4n) is 5.18. The van der Waals surface area contributed by atoms with Crippen molar-refractivity contribution in [3.8, 4) is 0 Å². The summed E-state index contributed by atoms with van der Waals surface area (Å²) in [6.07, 6.45) is 11.3. The van der Waals surface area contributed by atoms with Gasteiger partial charge in [0.15, 0.2) is 5.09 Å². The minimum atomic E-state index is -0.333. The minimum Gasteiger partial charge on any atom is -0.482 e. The van der Waals surface area contributed by atoms with Crippen LogP contribution in [0.5, 0.6) is 0 Å². The normalized spacial score (nSPS) is 25.3. The van der Waals surface area contributed by atoms with E-state index >= 15 is 0 Å². The summed E-state index contributed by atoms with van der Waals surface area (Å²) in [4.78, 5) is 21.9. The topological polar surface area (TPSA) is 81.4 Å². The lowest BCUT2D eigenvalue weighted by Crippen LogP contribution is -2.41. The number of anilines is 1. The molecule has 0 spiro atoms. The van der Waals surface area contributed by atoms with Crippen molar-refractivity contribution in [2.75, 3.05) is 4.72 Å². The predicted octanol–water partition coefficient (Wildman–Crippen LogP) is 4.46. The quantitative estimate of drug-likeness (QED) is 0.695. The Morgan fingerprint density at radius 3 is 2.37 bits per heavy atom. The number of carbonyl (C=O) groups excluding carboxylic acids is 2. The fraction of sp³-hybridized carbons (Fsp3) is 0.583. The molecule has 162 valence electrons. The van der Waals surface area contributed by atoms with Crippen molar-refractivity contribution in [3.63, 3.8) is 0 Å². The Balaban J connectivity index is 0.000000503. The van der Waals surface area contributed by atoms with Crippen molar-refractivity contribution in [1.82, 2.24) is 0 Å². The summed E-state index contributed by atoms with van der Waals surface area (Å²) in [6.45, 7) is 5.44. The average Bonchev–Trinajstić information content (AvgIpc) is 3.40. The number of fused-ring (bicyclic) bond motifs is 3. The first-order chi connectivity index (χ1) is 14.3. The number of primary amides is 1. The molecular weight excluding hydrogens is 396 g/mol. The zero-order valence-electron chi connectivity index (χ0n) is 18.2. The molecule has 4 aliphatic rings. The van der Waals surface area contributed by atoms with Gasteiger partial charge in [-0.05, 0) is 79.7 Å². The van der Waals surface area contributed by atoms with Gasteiger partial charge in [0.1, 0.15) is 11.9 Å². The number of carbonyl (C=O) groups is 2. The number of hydrogen-bond donors (Lipinski definition) is 2.